The van der Waals surface area contributed by atoms with Gasteiger partial charge in [0.1, 0.15) is 0 Å². The second-order valence-electron chi connectivity index (χ2n) is 3.22. The largest absolute Gasteiger partial charge is 0.294 e. The third kappa shape index (κ3) is 1.85. The summed E-state index contributed by atoms with van der Waals surface area (Å²) in [6.45, 7) is 0. The standard InChI is InChI=1S/C10H10FN3/c11-10(12)4-3-9(14-7-10)8-2-1-5-13-6-8/h1-3,5-7H,4,12H2. The number of rotatable bonds is 1. The van der Waals surface area contributed by atoms with Crippen molar-refractivity contribution in [2.45, 2.75) is 12.2 Å². The summed E-state index contributed by atoms with van der Waals surface area (Å²) < 4.78 is 13.1. The molecule has 3 nitrogen and oxygen atoms in total. The number of alkyl halides is 1. The van der Waals surface area contributed by atoms with Crippen molar-refractivity contribution < 1.29 is 4.39 Å². The Bertz CT molecular complexity index is 382. The summed E-state index contributed by atoms with van der Waals surface area (Å²) in [5.74, 6) is -1.80. The maximum atomic E-state index is 13.1. The number of hydrogen-bond acceptors (Lipinski definition) is 3. The third-order valence-electron chi connectivity index (χ3n) is 1.98. The Morgan fingerprint density at radius 1 is 1.50 bits per heavy atom. The molecule has 1 aromatic heterocycles. The van der Waals surface area contributed by atoms with Crippen molar-refractivity contribution in [2.24, 2.45) is 10.7 Å². The minimum absolute atomic E-state index is 0.153. The Morgan fingerprint density at radius 3 is 2.93 bits per heavy atom. The second-order valence-corrected chi connectivity index (χ2v) is 3.22. The van der Waals surface area contributed by atoms with Crippen LogP contribution >= 0.6 is 0 Å². The minimum atomic E-state index is -1.80. The van der Waals surface area contributed by atoms with E-state index in [1.807, 2.05) is 12.1 Å². The molecule has 2 N–H and O–H groups in total. The van der Waals surface area contributed by atoms with E-state index in [4.69, 9.17) is 5.73 Å². The fourth-order valence-electron chi connectivity index (χ4n) is 1.24. The molecule has 0 fully saturated rings. The molecule has 0 spiro atoms. The van der Waals surface area contributed by atoms with E-state index in [0.717, 1.165) is 17.5 Å². The van der Waals surface area contributed by atoms with Crippen LogP contribution < -0.4 is 5.73 Å². The molecule has 0 aliphatic carbocycles. The molecule has 0 radical (unpaired) electrons. The van der Waals surface area contributed by atoms with Crippen molar-refractivity contribution in [1.29, 1.82) is 0 Å². The Balaban J connectivity index is 2.25. The average Bonchev–Trinajstić information content (AvgIpc) is 2.19. The van der Waals surface area contributed by atoms with Gasteiger partial charge in [0.25, 0.3) is 0 Å². The molecule has 0 saturated heterocycles. The van der Waals surface area contributed by atoms with Crippen LogP contribution in [0.2, 0.25) is 0 Å². The number of nitrogens with zero attached hydrogens (tertiary/aromatic N) is 2. The van der Waals surface area contributed by atoms with E-state index in [-0.39, 0.29) is 6.42 Å². The van der Waals surface area contributed by atoms with Crippen LogP contribution in [0.1, 0.15) is 12.0 Å². The topological polar surface area (TPSA) is 51.3 Å². The molecule has 1 atom stereocenters. The molecule has 0 bridgehead atoms. The highest BCUT2D eigenvalue weighted by Gasteiger charge is 2.23. The van der Waals surface area contributed by atoms with Crippen LogP contribution in [-0.4, -0.2) is 17.0 Å². The van der Waals surface area contributed by atoms with Crippen molar-refractivity contribution in [3.05, 3.63) is 36.2 Å². The van der Waals surface area contributed by atoms with Gasteiger partial charge in [0.15, 0.2) is 5.79 Å². The maximum Gasteiger partial charge on any atom is 0.198 e. The van der Waals surface area contributed by atoms with Gasteiger partial charge in [-0.2, -0.15) is 0 Å². The quantitative estimate of drug-likeness (QED) is 0.684. The van der Waals surface area contributed by atoms with Gasteiger partial charge in [-0.1, -0.05) is 6.08 Å². The highest BCUT2D eigenvalue weighted by Crippen LogP contribution is 2.22. The monoisotopic (exact) mass is 191 g/mol. The van der Waals surface area contributed by atoms with Crippen molar-refractivity contribution in [3.63, 3.8) is 0 Å². The normalized spacial score (nSPS) is 26.0. The van der Waals surface area contributed by atoms with Crippen LogP contribution in [0, 0.1) is 0 Å². The lowest BCUT2D eigenvalue weighted by Crippen LogP contribution is -2.36. The summed E-state index contributed by atoms with van der Waals surface area (Å²) in [6.07, 6.45) is 6.33. The number of aromatic nitrogens is 1. The number of pyridine rings is 1. The Hall–Kier alpha value is -1.55. The number of halogens is 1. The van der Waals surface area contributed by atoms with Crippen LogP contribution in [0.3, 0.4) is 0 Å². The van der Waals surface area contributed by atoms with E-state index in [1.54, 1.807) is 18.5 Å². The predicted octanol–water partition coefficient (Wildman–Crippen LogP) is 1.52. The number of aliphatic imine (C=N–C) groups is 1. The average molecular weight is 191 g/mol. The van der Waals surface area contributed by atoms with Crippen LogP contribution in [0.5, 0.6) is 0 Å². The van der Waals surface area contributed by atoms with Gasteiger partial charge in [0, 0.05) is 24.4 Å². The molecule has 1 aliphatic heterocycles. The summed E-state index contributed by atoms with van der Waals surface area (Å²) in [5, 5.41) is 0. The SMILES string of the molecule is NC1(F)C=NC(c2cccnc2)=CC1. The van der Waals surface area contributed by atoms with Gasteiger partial charge >= 0.3 is 0 Å². The zero-order valence-corrected chi connectivity index (χ0v) is 7.52. The first-order chi connectivity index (χ1) is 6.67. The molecule has 2 heterocycles. The van der Waals surface area contributed by atoms with Gasteiger partial charge in [0.05, 0.1) is 11.9 Å². The highest BCUT2D eigenvalue weighted by molar-refractivity contribution is 5.80. The lowest BCUT2D eigenvalue weighted by Gasteiger charge is -2.17. The van der Waals surface area contributed by atoms with Crippen LogP contribution in [-0.2, 0) is 0 Å². The van der Waals surface area contributed by atoms with Gasteiger partial charge in [-0.05, 0) is 12.1 Å². The molecule has 0 aromatic carbocycles. The first kappa shape index (κ1) is 9.02. The van der Waals surface area contributed by atoms with Crippen molar-refractivity contribution in [1.82, 2.24) is 4.98 Å². The van der Waals surface area contributed by atoms with Crippen molar-refractivity contribution in [2.75, 3.05) is 0 Å². The lowest BCUT2D eigenvalue weighted by molar-refractivity contribution is 0.275. The highest BCUT2D eigenvalue weighted by atomic mass is 19.1. The van der Waals surface area contributed by atoms with E-state index in [9.17, 15) is 4.39 Å². The zero-order chi connectivity index (χ0) is 10.0. The summed E-state index contributed by atoms with van der Waals surface area (Å²) in [6, 6.07) is 3.68. The number of hydrogen-bond donors (Lipinski definition) is 1. The minimum Gasteiger partial charge on any atom is -0.294 e. The van der Waals surface area contributed by atoms with E-state index in [2.05, 4.69) is 9.98 Å². The van der Waals surface area contributed by atoms with E-state index in [0.29, 0.717) is 0 Å². The summed E-state index contributed by atoms with van der Waals surface area (Å²) in [7, 11) is 0. The molecule has 1 unspecified atom stereocenters. The second kappa shape index (κ2) is 3.31. The van der Waals surface area contributed by atoms with E-state index >= 15 is 0 Å². The van der Waals surface area contributed by atoms with Crippen LogP contribution in [0.4, 0.5) is 4.39 Å². The molecule has 14 heavy (non-hydrogen) atoms. The molecule has 72 valence electrons. The van der Waals surface area contributed by atoms with Gasteiger partial charge in [-0.15, -0.1) is 0 Å². The maximum absolute atomic E-state index is 13.1. The molecular weight excluding hydrogens is 181 g/mol. The molecule has 0 amide bonds. The van der Waals surface area contributed by atoms with Gasteiger partial charge in [-0.25, -0.2) is 4.39 Å². The predicted molar refractivity (Wildman–Crippen MR) is 53.3 cm³/mol. The molecule has 2 rings (SSSR count). The van der Waals surface area contributed by atoms with Gasteiger partial charge < -0.3 is 0 Å². The first-order valence-electron chi connectivity index (χ1n) is 4.31. The number of nitrogens with two attached hydrogens (primary N) is 1. The summed E-state index contributed by atoms with van der Waals surface area (Å²) >= 11 is 0. The first-order valence-corrected chi connectivity index (χ1v) is 4.31. The smallest absolute Gasteiger partial charge is 0.198 e. The van der Waals surface area contributed by atoms with Gasteiger partial charge in [0.2, 0.25) is 0 Å². The zero-order valence-electron chi connectivity index (χ0n) is 7.52. The van der Waals surface area contributed by atoms with Crippen molar-refractivity contribution >= 4 is 11.9 Å². The van der Waals surface area contributed by atoms with E-state index in [1.165, 1.54) is 0 Å². The Labute approximate surface area is 81.2 Å². The molecule has 1 aliphatic rings. The fourth-order valence-corrected chi connectivity index (χ4v) is 1.24. The van der Waals surface area contributed by atoms with Crippen molar-refractivity contribution in [3.8, 4) is 0 Å². The summed E-state index contributed by atoms with van der Waals surface area (Å²) in [5.41, 5.74) is 6.84. The lowest BCUT2D eigenvalue weighted by atomic mass is 10.1. The van der Waals surface area contributed by atoms with Crippen LogP contribution in [0.15, 0.2) is 35.6 Å². The Kier molecular flexibility index (Phi) is 2.13. The molecule has 0 saturated carbocycles. The molecular formula is C10H10FN3. The molecule has 1 aromatic rings. The summed E-state index contributed by atoms with van der Waals surface area (Å²) in [4.78, 5) is 7.91. The third-order valence-corrected chi connectivity index (χ3v) is 1.98. The van der Waals surface area contributed by atoms with Crippen LogP contribution in [0.25, 0.3) is 5.70 Å². The van der Waals surface area contributed by atoms with E-state index < -0.39 is 5.79 Å². The van der Waals surface area contributed by atoms with Gasteiger partial charge in [-0.3, -0.25) is 15.7 Å². The Morgan fingerprint density at radius 2 is 2.36 bits per heavy atom. The molecule has 4 heteroatoms. The fraction of sp³-hybridized carbons (Fsp3) is 0.200.